The summed E-state index contributed by atoms with van der Waals surface area (Å²) in [6.07, 6.45) is -3.53. The number of benzene rings is 2. The molecule has 10 heteroatoms. The van der Waals surface area contributed by atoms with Gasteiger partial charge in [-0.25, -0.2) is 4.98 Å². The van der Waals surface area contributed by atoms with E-state index in [9.17, 15) is 13.2 Å². The molecule has 0 fully saturated rings. The van der Waals surface area contributed by atoms with Crippen LogP contribution in [0, 0.1) is 0 Å². The minimum Gasteiger partial charge on any atom is -0.342 e. The van der Waals surface area contributed by atoms with E-state index in [4.69, 9.17) is 16.1 Å². The summed E-state index contributed by atoms with van der Waals surface area (Å²) in [7, 11) is 1.91. The van der Waals surface area contributed by atoms with Gasteiger partial charge in [0.25, 0.3) is 0 Å². The average Bonchev–Trinajstić information content (AvgIpc) is 3.32. The van der Waals surface area contributed by atoms with Crippen molar-refractivity contribution in [3.8, 4) is 0 Å². The van der Waals surface area contributed by atoms with Crippen molar-refractivity contribution in [1.29, 1.82) is 0 Å². The van der Waals surface area contributed by atoms with Gasteiger partial charge < -0.3 is 9.51 Å². The maximum Gasteiger partial charge on any atom is 0.416 e. The van der Waals surface area contributed by atoms with Gasteiger partial charge in [-0.05, 0) is 36.9 Å². The van der Waals surface area contributed by atoms with Crippen LogP contribution in [0.15, 0.2) is 47.0 Å². The Labute approximate surface area is 181 Å². The van der Waals surface area contributed by atoms with Crippen LogP contribution < -0.4 is 0 Å². The quantitative estimate of drug-likeness (QED) is 0.435. The topological polar surface area (TPSA) is 70.8 Å². The smallest absolute Gasteiger partial charge is 0.342 e. The highest BCUT2D eigenvalue weighted by Gasteiger charge is 2.30. The number of aromatic nitrogens is 4. The molecule has 0 amide bonds. The van der Waals surface area contributed by atoms with E-state index in [0.29, 0.717) is 41.8 Å². The number of hydrogen-bond donors (Lipinski definition) is 1. The zero-order valence-electron chi connectivity index (χ0n) is 16.6. The maximum atomic E-state index is 12.9. The summed E-state index contributed by atoms with van der Waals surface area (Å²) in [5.41, 5.74) is 1.53. The standard InChI is InChI=1S/C21H19ClF3N5O/c1-30(8-7-18-26-16-6-5-15(22)11-17(16)27-18)12-20-28-19(29-31-20)10-13-3-2-4-14(9-13)21(23,24)25/h2-6,9,11H,7-8,10,12H2,1H3,(H,26,27). The number of nitrogens with one attached hydrogen (secondary N) is 1. The molecule has 1 N–H and O–H groups in total. The molecule has 0 unspecified atom stereocenters. The maximum absolute atomic E-state index is 12.9. The van der Waals surface area contributed by atoms with Crippen LogP contribution in [0.2, 0.25) is 5.02 Å². The Balaban J connectivity index is 1.33. The second-order valence-electron chi connectivity index (χ2n) is 7.31. The molecule has 0 radical (unpaired) electrons. The van der Waals surface area contributed by atoms with Gasteiger partial charge in [0, 0.05) is 24.4 Å². The first-order valence-electron chi connectivity index (χ1n) is 9.56. The Morgan fingerprint density at radius 1 is 1.13 bits per heavy atom. The molecule has 0 saturated carbocycles. The summed E-state index contributed by atoms with van der Waals surface area (Å²) < 4.78 is 43.8. The fourth-order valence-corrected chi connectivity index (χ4v) is 3.40. The highest BCUT2D eigenvalue weighted by molar-refractivity contribution is 6.31. The minimum atomic E-state index is -4.38. The largest absolute Gasteiger partial charge is 0.416 e. The number of halogens is 4. The predicted molar refractivity (Wildman–Crippen MR) is 110 cm³/mol. The molecule has 162 valence electrons. The summed E-state index contributed by atoms with van der Waals surface area (Å²) in [6, 6.07) is 10.6. The van der Waals surface area contributed by atoms with Crippen LogP contribution in [-0.4, -0.2) is 38.6 Å². The molecular weight excluding hydrogens is 431 g/mol. The molecule has 2 heterocycles. The fraction of sp³-hybridized carbons (Fsp3) is 0.286. The molecule has 6 nitrogen and oxygen atoms in total. The summed E-state index contributed by atoms with van der Waals surface area (Å²) in [5, 5.41) is 4.54. The van der Waals surface area contributed by atoms with Crippen LogP contribution in [0.1, 0.15) is 28.7 Å². The number of aromatic amines is 1. The molecule has 0 aliphatic heterocycles. The molecule has 2 aromatic heterocycles. The molecule has 4 rings (SSSR count). The Kier molecular flexibility index (Phi) is 5.97. The first kappa shape index (κ1) is 21.3. The third-order valence-corrected chi connectivity index (χ3v) is 4.99. The van der Waals surface area contributed by atoms with Crippen molar-refractivity contribution >= 4 is 22.6 Å². The number of fused-ring (bicyclic) bond motifs is 1. The van der Waals surface area contributed by atoms with Gasteiger partial charge >= 0.3 is 6.18 Å². The van der Waals surface area contributed by atoms with E-state index in [1.54, 1.807) is 12.1 Å². The van der Waals surface area contributed by atoms with E-state index < -0.39 is 11.7 Å². The third kappa shape index (κ3) is 5.42. The van der Waals surface area contributed by atoms with Crippen molar-refractivity contribution in [3.05, 3.63) is 76.2 Å². The molecule has 0 aliphatic carbocycles. The lowest BCUT2D eigenvalue weighted by atomic mass is 10.1. The van der Waals surface area contributed by atoms with Gasteiger partial charge in [0.05, 0.1) is 23.1 Å². The van der Waals surface area contributed by atoms with Gasteiger partial charge in [-0.2, -0.15) is 18.2 Å². The molecule has 4 aromatic rings. The van der Waals surface area contributed by atoms with E-state index >= 15 is 0 Å². The zero-order valence-corrected chi connectivity index (χ0v) is 17.3. The van der Waals surface area contributed by atoms with Crippen LogP contribution in [0.25, 0.3) is 11.0 Å². The highest BCUT2D eigenvalue weighted by atomic mass is 35.5. The first-order valence-corrected chi connectivity index (χ1v) is 9.94. The van der Waals surface area contributed by atoms with Crippen molar-refractivity contribution in [1.82, 2.24) is 25.0 Å². The fourth-order valence-electron chi connectivity index (χ4n) is 3.23. The van der Waals surface area contributed by atoms with E-state index in [2.05, 4.69) is 20.1 Å². The predicted octanol–water partition coefficient (Wildman–Crippen LogP) is 4.88. The number of alkyl halides is 3. The van der Waals surface area contributed by atoms with Crippen LogP contribution in [0.5, 0.6) is 0 Å². The molecule has 0 saturated heterocycles. The van der Waals surface area contributed by atoms with Crippen LogP contribution >= 0.6 is 11.6 Å². The van der Waals surface area contributed by atoms with Crippen molar-refractivity contribution in [2.75, 3.05) is 13.6 Å². The normalized spacial score (nSPS) is 12.2. The first-order chi connectivity index (χ1) is 14.8. The lowest BCUT2D eigenvalue weighted by Gasteiger charge is -2.12. The zero-order chi connectivity index (χ0) is 22.0. The molecule has 0 bridgehead atoms. The average molecular weight is 450 g/mol. The third-order valence-electron chi connectivity index (χ3n) is 4.76. The molecule has 0 aliphatic rings. The van der Waals surface area contributed by atoms with Gasteiger partial charge in [0.1, 0.15) is 5.82 Å². The Morgan fingerprint density at radius 3 is 2.77 bits per heavy atom. The van der Waals surface area contributed by atoms with E-state index in [-0.39, 0.29) is 6.42 Å². The number of imidazole rings is 1. The number of rotatable bonds is 7. The Bertz CT molecular complexity index is 1190. The Morgan fingerprint density at radius 2 is 1.97 bits per heavy atom. The van der Waals surface area contributed by atoms with Crippen molar-refractivity contribution < 1.29 is 17.7 Å². The molecular formula is C21H19ClF3N5O. The van der Waals surface area contributed by atoms with Crippen molar-refractivity contribution in [2.45, 2.75) is 25.6 Å². The number of H-pyrrole nitrogens is 1. The van der Waals surface area contributed by atoms with Crippen LogP contribution in [0.4, 0.5) is 13.2 Å². The SMILES string of the molecule is CN(CCc1nc2ccc(Cl)cc2[nH]1)Cc1nc(Cc2cccc(C(F)(F)F)c2)no1. The van der Waals surface area contributed by atoms with Crippen LogP contribution in [0.3, 0.4) is 0 Å². The number of nitrogens with zero attached hydrogens (tertiary/aromatic N) is 4. The molecule has 2 aromatic carbocycles. The summed E-state index contributed by atoms with van der Waals surface area (Å²) in [4.78, 5) is 14.1. The molecule has 0 atom stereocenters. The highest BCUT2D eigenvalue weighted by Crippen LogP contribution is 2.29. The van der Waals surface area contributed by atoms with Crippen LogP contribution in [-0.2, 0) is 25.6 Å². The van der Waals surface area contributed by atoms with E-state index in [1.165, 1.54) is 6.07 Å². The van der Waals surface area contributed by atoms with Gasteiger partial charge in [0.2, 0.25) is 5.89 Å². The lowest BCUT2D eigenvalue weighted by molar-refractivity contribution is -0.137. The second-order valence-corrected chi connectivity index (χ2v) is 7.75. The number of hydrogen-bond acceptors (Lipinski definition) is 5. The Hall–Kier alpha value is -2.91. The monoisotopic (exact) mass is 449 g/mol. The molecule has 0 spiro atoms. The number of likely N-dealkylation sites (N-methyl/N-ethyl adjacent to an activating group) is 1. The van der Waals surface area contributed by atoms with Crippen molar-refractivity contribution in [2.24, 2.45) is 0 Å². The van der Waals surface area contributed by atoms with E-state index in [1.807, 2.05) is 24.1 Å². The lowest BCUT2D eigenvalue weighted by Crippen LogP contribution is -2.21. The molecule has 31 heavy (non-hydrogen) atoms. The van der Waals surface area contributed by atoms with Gasteiger partial charge in [-0.1, -0.05) is 35.0 Å². The van der Waals surface area contributed by atoms with E-state index in [0.717, 1.165) is 29.0 Å². The summed E-state index contributed by atoms with van der Waals surface area (Å²) in [6.45, 7) is 1.11. The van der Waals surface area contributed by atoms with Gasteiger partial charge in [-0.15, -0.1) is 0 Å². The van der Waals surface area contributed by atoms with Crippen molar-refractivity contribution in [3.63, 3.8) is 0 Å². The summed E-state index contributed by atoms with van der Waals surface area (Å²) >= 11 is 6.00. The summed E-state index contributed by atoms with van der Waals surface area (Å²) in [5.74, 6) is 1.60. The second kappa shape index (κ2) is 8.68. The van der Waals surface area contributed by atoms with Gasteiger partial charge in [0.15, 0.2) is 5.82 Å². The van der Waals surface area contributed by atoms with Gasteiger partial charge in [-0.3, -0.25) is 4.90 Å². The minimum absolute atomic E-state index is 0.165.